The van der Waals surface area contributed by atoms with Gasteiger partial charge in [0.2, 0.25) is 0 Å². The van der Waals surface area contributed by atoms with E-state index in [1.165, 1.54) is 19.3 Å². The summed E-state index contributed by atoms with van der Waals surface area (Å²) in [6.07, 6.45) is 6.57. The van der Waals surface area contributed by atoms with Crippen molar-refractivity contribution in [2.75, 3.05) is 19.7 Å². The summed E-state index contributed by atoms with van der Waals surface area (Å²) < 4.78 is 7.91. The van der Waals surface area contributed by atoms with E-state index in [0.29, 0.717) is 22.3 Å². The number of carbonyl (C=O) groups is 1. The van der Waals surface area contributed by atoms with Gasteiger partial charge in [0.15, 0.2) is 6.61 Å². The van der Waals surface area contributed by atoms with Gasteiger partial charge in [-0.05, 0) is 37.8 Å². The summed E-state index contributed by atoms with van der Waals surface area (Å²) in [7, 11) is 0. The predicted molar refractivity (Wildman–Crippen MR) is 108 cm³/mol. The molecule has 150 valence electrons. The Morgan fingerprint density at radius 2 is 2.04 bits per heavy atom. The van der Waals surface area contributed by atoms with Gasteiger partial charge in [-0.3, -0.25) is 4.79 Å². The highest BCUT2D eigenvalue weighted by molar-refractivity contribution is 6.34. The highest BCUT2D eigenvalue weighted by Gasteiger charge is 2.29. The molecule has 1 fully saturated rings. The first-order valence-corrected chi connectivity index (χ1v) is 10.6. The molecule has 0 saturated carbocycles. The van der Waals surface area contributed by atoms with Gasteiger partial charge in [-0.15, -0.1) is 10.2 Å². The zero-order chi connectivity index (χ0) is 19.5. The van der Waals surface area contributed by atoms with Crippen LogP contribution in [0.4, 0.5) is 0 Å². The third-order valence-corrected chi connectivity index (χ3v) is 6.07. The van der Waals surface area contributed by atoms with Crippen LogP contribution in [-0.2, 0) is 17.8 Å². The number of carbonyl (C=O) groups excluding carboxylic acids is 1. The monoisotopic (exact) mass is 422 g/mol. The lowest BCUT2D eigenvalue weighted by Crippen LogP contribution is -2.42. The van der Waals surface area contributed by atoms with Crippen LogP contribution in [-0.4, -0.2) is 45.3 Å². The Kier molecular flexibility index (Phi) is 6.07. The normalized spacial score (nSPS) is 19.8. The molecule has 0 spiro atoms. The highest BCUT2D eigenvalue weighted by Crippen LogP contribution is 2.29. The van der Waals surface area contributed by atoms with E-state index in [4.69, 9.17) is 27.9 Å². The SMILES string of the molecule is O=C(COc1cc(Cl)ccc1Cl)N1CCCC(c2nnc3n2CCCCC3)C1. The molecule has 3 heterocycles. The molecule has 2 aromatic rings. The number of hydrogen-bond donors (Lipinski definition) is 0. The summed E-state index contributed by atoms with van der Waals surface area (Å²) in [6.45, 7) is 2.33. The zero-order valence-corrected chi connectivity index (χ0v) is 17.3. The van der Waals surface area contributed by atoms with E-state index in [0.717, 1.165) is 44.0 Å². The van der Waals surface area contributed by atoms with Crippen LogP contribution in [0.15, 0.2) is 18.2 Å². The smallest absolute Gasteiger partial charge is 0.260 e. The van der Waals surface area contributed by atoms with Crippen molar-refractivity contribution in [3.05, 3.63) is 39.9 Å². The number of aryl methyl sites for hydroxylation is 1. The van der Waals surface area contributed by atoms with Gasteiger partial charge < -0.3 is 14.2 Å². The number of aromatic nitrogens is 3. The first-order valence-electron chi connectivity index (χ1n) is 9.89. The number of fused-ring (bicyclic) bond motifs is 1. The van der Waals surface area contributed by atoms with E-state index in [9.17, 15) is 4.79 Å². The van der Waals surface area contributed by atoms with Crippen LogP contribution in [0.3, 0.4) is 0 Å². The molecule has 0 N–H and O–H groups in total. The molecule has 4 rings (SSSR count). The predicted octanol–water partition coefficient (Wildman–Crippen LogP) is 4.10. The second kappa shape index (κ2) is 8.70. The summed E-state index contributed by atoms with van der Waals surface area (Å²) in [4.78, 5) is 14.6. The molecular formula is C20H24Cl2N4O2. The van der Waals surface area contributed by atoms with E-state index in [1.54, 1.807) is 18.2 Å². The maximum Gasteiger partial charge on any atom is 0.260 e. The molecule has 1 amide bonds. The van der Waals surface area contributed by atoms with Crippen LogP contribution in [0.5, 0.6) is 5.75 Å². The van der Waals surface area contributed by atoms with Gasteiger partial charge >= 0.3 is 0 Å². The minimum atomic E-state index is -0.0509. The summed E-state index contributed by atoms with van der Waals surface area (Å²) in [5.41, 5.74) is 0. The lowest BCUT2D eigenvalue weighted by molar-refractivity contribution is -0.134. The molecule has 1 saturated heterocycles. The molecule has 8 heteroatoms. The van der Waals surface area contributed by atoms with Crippen LogP contribution >= 0.6 is 23.2 Å². The second-order valence-electron chi connectivity index (χ2n) is 7.48. The van der Waals surface area contributed by atoms with Crippen molar-refractivity contribution in [1.82, 2.24) is 19.7 Å². The maximum atomic E-state index is 12.7. The van der Waals surface area contributed by atoms with Crippen LogP contribution in [0, 0.1) is 0 Å². The van der Waals surface area contributed by atoms with Crippen molar-refractivity contribution in [1.29, 1.82) is 0 Å². The molecule has 1 aromatic heterocycles. The summed E-state index contributed by atoms with van der Waals surface area (Å²) >= 11 is 12.1. The Morgan fingerprint density at radius 1 is 1.14 bits per heavy atom. The van der Waals surface area contributed by atoms with E-state index >= 15 is 0 Å². The number of nitrogens with zero attached hydrogens (tertiary/aromatic N) is 4. The lowest BCUT2D eigenvalue weighted by atomic mass is 9.97. The Bertz CT molecular complexity index is 855. The quantitative estimate of drug-likeness (QED) is 0.743. The number of benzene rings is 1. The number of rotatable bonds is 4. The first-order chi connectivity index (χ1) is 13.6. The summed E-state index contributed by atoms with van der Waals surface area (Å²) in [5, 5.41) is 9.87. The average Bonchev–Trinajstić information content (AvgIpc) is 2.97. The van der Waals surface area contributed by atoms with Crippen molar-refractivity contribution < 1.29 is 9.53 Å². The van der Waals surface area contributed by atoms with Crippen molar-refractivity contribution in [2.24, 2.45) is 0 Å². The molecule has 2 aliphatic rings. The number of hydrogen-bond acceptors (Lipinski definition) is 4. The fourth-order valence-electron chi connectivity index (χ4n) is 4.04. The van der Waals surface area contributed by atoms with E-state index < -0.39 is 0 Å². The minimum absolute atomic E-state index is 0.0450. The fraction of sp³-hybridized carbons (Fsp3) is 0.550. The molecule has 6 nitrogen and oxygen atoms in total. The maximum absolute atomic E-state index is 12.7. The van der Waals surface area contributed by atoms with Gasteiger partial charge in [0.05, 0.1) is 5.02 Å². The van der Waals surface area contributed by atoms with Gasteiger partial charge in [0, 0.05) is 43.1 Å². The van der Waals surface area contributed by atoms with Gasteiger partial charge in [0.1, 0.15) is 17.4 Å². The van der Waals surface area contributed by atoms with Crippen molar-refractivity contribution in [3.8, 4) is 5.75 Å². The number of likely N-dealkylation sites (tertiary alicyclic amines) is 1. The molecule has 1 aromatic carbocycles. The molecule has 0 bridgehead atoms. The van der Waals surface area contributed by atoms with Crippen molar-refractivity contribution >= 4 is 29.1 Å². The Hall–Kier alpha value is -1.79. The van der Waals surface area contributed by atoms with Gasteiger partial charge in [-0.2, -0.15) is 0 Å². The average molecular weight is 423 g/mol. The Labute approximate surface area is 174 Å². The Morgan fingerprint density at radius 3 is 2.93 bits per heavy atom. The van der Waals surface area contributed by atoms with Gasteiger partial charge in [0.25, 0.3) is 5.91 Å². The number of ether oxygens (including phenoxy) is 1. The summed E-state index contributed by atoms with van der Waals surface area (Å²) in [6, 6.07) is 4.98. The fourth-order valence-corrected chi connectivity index (χ4v) is 4.38. The van der Waals surface area contributed by atoms with Gasteiger partial charge in [-0.25, -0.2) is 0 Å². The first kappa shape index (κ1) is 19.5. The number of piperidine rings is 1. The van der Waals surface area contributed by atoms with E-state index in [1.807, 2.05) is 4.90 Å². The second-order valence-corrected chi connectivity index (χ2v) is 8.32. The topological polar surface area (TPSA) is 60.2 Å². The third-order valence-electron chi connectivity index (χ3n) is 5.52. The van der Waals surface area contributed by atoms with E-state index in [2.05, 4.69) is 14.8 Å². The highest BCUT2D eigenvalue weighted by atomic mass is 35.5. The number of halogens is 2. The molecule has 2 aliphatic heterocycles. The van der Waals surface area contributed by atoms with Crippen molar-refractivity contribution in [3.63, 3.8) is 0 Å². The lowest BCUT2D eigenvalue weighted by Gasteiger charge is -2.32. The van der Waals surface area contributed by atoms with Crippen LogP contribution in [0.25, 0.3) is 0 Å². The van der Waals surface area contributed by atoms with Crippen LogP contribution in [0.2, 0.25) is 10.0 Å². The van der Waals surface area contributed by atoms with E-state index in [-0.39, 0.29) is 18.4 Å². The molecular weight excluding hydrogens is 399 g/mol. The van der Waals surface area contributed by atoms with Crippen molar-refractivity contribution in [2.45, 2.75) is 51.0 Å². The zero-order valence-electron chi connectivity index (χ0n) is 15.7. The van der Waals surface area contributed by atoms with Crippen LogP contribution in [0.1, 0.15) is 49.7 Å². The molecule has 1 atom stereocenters. The number of amides is 1. The standard InChI is InChI=1S/C20H24Cl2N4O2/c21-15-7-8-16(22)17(11-15)28-13-19(27)25-9-4-5-14(12-25)20-24-23-18-6-2-1-3-10-26(18)20/h7-8,11,14H,1-6,9-10,12-13H2. The third kappa shape index (κ3) is 4.28. The van der Waals surface area contributed by atoms with Gasteiger partial charge in [-0.1, -0.05) is 29.6 Å². The molecule has 0 radical (unpaired) electrons. The molecule has 1 unspecified atom stereocenters. The minimum Gasteiger partial charge on any atom is -0.482 e. The molecule has 0 aliphatic carbocycles. The summed E-state index contributed by atoms with van der Waals surface area (Å²) in [5.74, 6) is 2.74. The molecule has 28 heavy (non-hydrogen) atoms. The Balaban J connectivity index is 1.40. The largest absolute Gasteiger partial charge is 0.482 e. The van der Waals surface area contributed by atoms with Crippen LogP contribution < -0.4 is 4.74 Å².